The Morgan fingerprint density at radius 2 is 2.44 bits per heavy atom. The lowest BCUT2D eigenvalue weighted by Gasteiger charge is -2.02. The minimum absolute atomic E-state index is 0.280. The first-order valence-electron chi connectivity index (χ1n) is 4.76. The van der Waals surface area contributed by atoms with Gasteiger partial charge in [0.2, 0.25) is 5.82 Å². The van der Waals surface area contributed by atoms with Gasteiger partial charge in [0.1, 0.15) is 0 Å². The molecule has 84 valence electrons. The van der Waals surface area contributed by atoms with Crippen LogP contribution in [0.25, 0.3) is 11.4 Å². The largest absolute Gasteiger partial charge is 0.334 e. The van der Waals surface area contributed by atoms with Gasteiger partial charge in [-0.15, -0.1) is 16.4 Å². The fourth-order valence-electron chi connectivity index (χ4n) is 1.18. The van der Waals surface area contributed by atoms with Crippen LogP contribution in [0.3, 0.4) is 0 Å². The van der Waals surface area contributed by atoms with Crippen molar-refractivity contribution >= 4 is 17.3 Å². The molecule has 0 saturated carbocycles. The molecule has 2 heterocycles. The molecule has 0 aromatic carbocycles. The van der Waals surface area contributed by atoms with Crippen LogP contribution >= 0.6 is 11.3 Å². The molecule has 7 heteroatoms. The van der Waals surface area contributed by atoms with Gasteiger partial charge in [0.15, 0.2) is 0 Å². The first kappa shape index (κ1) is 10.7. The van der Waals surface area contributed by atoms with Gasteiger partial charge in [0, 0.05) is 16.9 Å². The maximum atomic E-state index is 11.1. The summed E-state index contributed by atoms with van der Waals surface area (Å²) in [4.78, 5) is 18.2. The van der Waals surface area contributed by atoms with Gasteiger partial charge in [0.25, 0.3) is 0 Å². The fraction of sp³-hybridized carbons (Fsp3) is 0.333. The van der Waals surface area contributed by atoms with Crippen LogP contribution in [0, 0.1) is 6.92 Å². The van der Waals surface area contributed by atoms with Crippen molar-refractivity contribution in [3.63, 3.8) is 0 Å². The molecule has 0 atom stereocenters. The SMILES string of the molecule is CCC(=O)On1nnnc1-c1ccsc1C. The minimum Gasteiger partial charge on any atom is -0.316 e. The number of rotatable bonds is 3. The van der Waals surface area contributed by atoms with Gasteiger partial charge in [-0.3, -0.25) is 0 Å². The van der Waals surface area contributed by atoms with Gasteiger partial charge in [-0.1, -0.05) is 6.92 Å². The summed E-state index contributed by atoms with van der Waals surface area (Å²) >= 11 is 1.59. The first-order valence-corrected chi connectivity index (χ1v) is 5.64. The highest BCUT2D eigenvalue weighted by Gasteiger charge is 2.15. The normalized spacial score (nSPS) is 10.4. The van der Waals surface area contributed by atoms with Crippen LogP contribution in [0.2, 0.25) is 0 Å². The topological polar surface area (TPSA) is 69.9 Å². The van der Waals surface area contributed by atoms with E-state index < -0.39 is 0 Å². The van der Waals surface area contributed by atoms with Crippen LogP contribution in [0.4, 0.5) is 0 Å². The smallest absolute Gasteiger partial charge is 0.316 e. The van der Waals surface area contributed by atoms with E-state index in [1.54, 1.807) is 18.3 Å². The van der Waals surface area contributed by atoms with E-state index in [9.17, 15) is 4.79 Å². The van der Waals surface area contributed by atoms with Gasteiger partial charge in [-0.05, 0) is 33.6 Å². The van der Waals surface area contributed by atoms with E-state index in [0.717, 1.165) is 15.3 Å². The molecule has 0 amide bonds. The average molecular weight is 238 g/mol. The molecule has 0 aliphatic rings. The van der Waals surface area contributed by atoms with Crippen LogP contribution in [-0.2, 0) is 4.79 Å². The van der Waals surface area contributed by atoms with E-state index in [1.165, 1.54) is 0 Å². The molecule has 0 unspecified atom stereocenters. The minimum atomic E-state index is -0.374. The Labute approximate surface area is 95.8 Å². The lowest BCUT2D eigenvalue weighted by Crippen LogP contribution is -2.21. The van der Waals surface area contributed by atoms with Gasteiger partial charge < -0.3 is 4.84 Å². The summed E-state index contributed by atoms with van der Waals surface area (Å²) in [7, 11) is 0. The third kappa shape index (κ3) is 1.94. The molecular formula is C9H10N4O2S. The van der Waals surface area contributed by atoms with Crippen molar-refractivity contribution in [1.29, 1.82) is 0 Å². The molecule has 0 aliphatic carbocycles. The Morgan fingerprint density at radius 1 is 1.62 bits per heavy atom. The number of thiophene rings is 1. The summed E-state index contributed by atoms with van der Waals surface area (Å²) in [6.07, 6.45) is 0.280. The second kappa shape index (κ2) is 4.40. The van der Waals surface area contributed by atoms with Crippen molar-refractivity contribution in [3.8, 4) is 11.4 Å². The predicted molar refractivity (Wildman–Crippen MR) is 57.7 cm³/mol. The molecule has 0 aliphatic heterocycles. The summed E-state index contributed by atoms with van der Waals surface area (Å²) in [5.41, 5.74) is 0.874. The maximum Gasteiger partial charge on any atom is 0.334 e. The van der Waals surface area contributed by atoms with Crippen LogP contribution in [0.15, 0.2) is 11.4 Å². The number of aryl methyl sites for hydroxylation is 1. The number of hydrogen-bond acceptors (Lipinski definition) is 6. The third-order valence-corrected chi connectivity index (χ3v) is 2.86. The Hall–Kier alpha value is -1.76. The predicted octanol–water partition coefficient (Wildman–Crippen LogP) is 1.08. The molecule has 6 nitrogen and oxygen atoms in total. The Bertz CT molecular complexity index is 505. The summed E-state index contributed by atoms with van der Waals surface area (Å²) in [5, 5.41) is 12.9. The van der Waals surface area contributed by atoms with Gasteiger partial charge in [0.05, 0.1) is 0 Å². The lowest BCUT2D eigenvalue weighted by molar-refractivity contribution is -0.145. The van der Waals surface area contributed by atoms with E-state index >= 15 is 0 Å². The molecule has 16 heavy (non-hydrogen) atoms. The zero-order valence-corrected chi connectivity index (χ0v) is 9.69. The highest BCUT2D eigenvalue weighted by Crippen LogP contribution is 2.24. The number of carbonyl (C=O) groups excluding carboxylic acids is 1. The Kier molecular flexibility index (Phi) is 2.95. The molecule has 0 bridgehead atoms. The van der Waals surface area contributed by atoms with Crippen LogP contribution < -0.4 is 4.84 Å². The maximum absolute atomic E-state index is 11.1. The molecule has 0 fully saturated rings. The van der Waals surface area contributed by atoms with Crippen molar-refractivity contribution in [1.82, 2.24) is 20.4 Å². The van der Waals surface area contributed by atoms with Crippen molar-refractivity contribution < 1.29 is 9.63 Å². The number of nitrogens with zero attached hydrogens (tertiary/aromatic N) is 4. The molecular weight excluding hydrogens is 228 g/mol. The van der Waals surface area contributed by atoms with Gasteiger partial charge in [-0.25, -0.2) is 4.79 Å². The van der Waals surface area contributed by atoms with Crippen LogP contribution in [0.5, 0.6) is 0 Å². The Morgan fingerprint density at radius 3 is 3.06 bits per heavy atom. The van der Waals surface area contributed by atoms with Gasteiger partial charge in [-0.2, -0.15) is 0 Å². The summed E-state index contributed by atoms with van der Waals surface area (Å²) < 4.78 is 0. The van der Waals surface area contributed by atoms with E-state index in [2.05, 4.69) is 15.5 Å². The molecule has 0 spiro atoms. The standard InChI is InChI=1S/C9H10N4O2S/c1-3-8(14)15-13-9(10-11-12-13)7-4-5-16-6(7)2/h4-5H,3H2,1-2H3. The van der Waals surface area contributed by atoms with E-state index in [4.69, 9.17) is 4.84 Å². The van der Waals surface area contributed by atoms with Crippen molar-refractivity contribution in [2.75, 3.05) is 0 Å². The zero-order valence-electron chi connectivity index (χ0n) is 8.88. The first-order chi connectivity index (χ1) is 7.72. The number of carbonyl (C=O) groups is 1. The number of tetrazole rings is 1. The second-order valence-electron chi connectivity index (χ2n) is 3.08. The van der Waals surface area contributed by atoms with E-state index in [0.29, 0.717) is 5.82 Å². The quantitative estimate of drug-likeness (QED) is 0.748. The summed E-state index contributed by atoms with van der Waals surface area (Å²) in [5.74, 6) is 0.0713. The van der Waals surface area contributed by atoms with E-state index in [1.807, 2.05) is 18.4 Å². The summed E-state index contributed by atoms with van der Waals surface area (Å²) in [6.45, 7) is 3.67. The molecule has 0 saturated heterocycles. The van der Waals surface area contributed by atoms with Crippen LogP contribution in [0.1, 0.15) is 18.2 Å². The molecule has 0 radical (unpaired) electrons. The van der Waals surface area contributed by atoms with Gasteiger partial charge >= 0.3 is 5.97 Å². The van der Waals surface area contributed by atoms with Crippen molar-refractivity contribution in [2.45, 2.75) is 20.3 Å². The molecule has 2 aromatic heterocycles. The van der Waals surface area contributed by atoms with Crippen molar-refractivity contribution in [2.24, 2.45) is 0 Å². The molecule has 2 rings (SSSR count). The molecule has 2 aromatic rings. The second-order valence-corrected chi connectivity index (χ2v) is 4.20. The monoisotopic (exact) mass is 238 g/mol. The number of hydrogen-bond donors (Lipinski definition) is 0. The highest BCUT2D eigenvalue weighted by atomic mass is 32.1. The molecule has 0 N–H and O–H groups in total. The van der Waals surface area contributed by atoms with Crippen LogP contribution in [-0.4, -0.2) is 26.3 Å². The van der Waals surface area contributed by atoms with E-state index in [-0.39, 0.29) is 12.4 Å². The Balaban J connectivity index is 2.33. The lowest BCUT2D eigenvalue weighted by atomic mass is 10.2. The zero-order chi connectivity index (χ0) is 11.5. The fourth-order valence-corrected chi connectivity index (χ4v) is 1.87. The summed E-state index contributed by atoms with van der Waals surface area (Å²) in [6, 6.07) is 1.89. The van der Waals surface area contributed by atoms with Crippen molar-refractivity contribution in [3.05, 3.63) is 16.3 Å². The highest BCUT2D eigenvalue weighted by molar-refractivity contribution is 7.10. The number of aromatic nitrogens is 4. The average Bonchev–Trinajstić information content (AvgIpc) is 2.86. The third-order valence-electron chi connectivity index (χ3n) is 2.02.